The van der Waals surface area contributed by atoms with Gasteiger partial charge in [-0.05, 0) is 57.9 Å². The summed E-state index contributed by atoms with van der Waals surface area (Å²) in [6.45, 7) is 5.86. The van der Waals surface area contributed by atoms with Gasteiger partial charge in [0.2, 0.25) is 0 Å². The van der Waals surface area contributed by atoms with Crippen LogP contribution in [0, 0.1) is 5.92 Å². The molecule has 1 aromatic carbocycles. The van der Waals surface area contributed by atoms with E-state index < -0.39 is 0 Å². The summed E-state index contributed by atoms with van der Waals surface area (Å²) in [5.41, 5.74) is 7.81. The monoisotopic (exact) mass is 289 g/mol. The van der Waals surface area contributed by atoms with Gasteiger partial charge in [-0.25, -0.2) is 0 Å². The minimum absolute atomic E-state index is 0.126. The average Bonchev–Trinajstić information content (AvgIpc) is 2.50. The Morgan fingerprint density at radius 2 is 1.81 bits per heavy atom. The van der Waals surface area contributed by atoms with Crippen LogP contribution in [-0.2, 0) is 0 Å². The van der Waals surface area contributed by atoms with Crippen LogP contribution in [0.1, 0.15) is 37.8 Å². The summed E-state index contributed by atoms with van der Waals surface area (Å²) in [5, 5.41) is 0. The predicted octanol–water partition coefficient (Wildman–Crippen LogP) is 2.74. The second-order valence-electron chi connectivity index (χ2n) is 6.65. The summed E-state index contributed by atoms with van der Waals surface area (Å²) in [6, 6.07) is 11.1. The molecule has 118 valence electrons. The van der Waals surface area contributed by atoms with Crippen LogP contribution in [0.2, 0.25) is 0 Å². The van der Waals surface area contributed by atoms with Crippen molar-refractivity contribution in [2.75, 3.05) is 33.7 Å². The number of nitrogens with two attached hydrogens (primary N) is 1. The Balaban J connectivity index is 1.93. The van der Waals surface area contributed by atoms with Crippen molar-refractivity contribution in [3.8, 4) is 0 Å². The standard InChI is InChI=1S/C18H31N3/c1-4-17(18(19)16-8-6-5-7-9-16)21-12-10-15(11-13-21)14-20(2)3/h5-9,15,17-18H,4,10-14,19H2,1-3H3. The second kappa shape index (κ2) is 7.92. The molecule has 3 nitrogen and oxygen atoms in total. The Morgan fingerprint density at radius 3 is 2.33 bits per heavy atom. The van der Waals surface area contributed by atoms with Gasteiger partial charge in [-0.15, -0.1) is 0 Å². The highest BCUT2D eigenvalue weighted by Gasteiger charge is 2.28. The Bertz CT molecular complexity index is 396. The van der Waals surface area contributed by atoms with Crippen molar-refractivity contribution in [1.82, 2.24) is 9.80 Å². The van der Waals surface area contributed by atoms with Crippen molar-refractivity contribution in [3.05, 3.63) is 35.9 Å². The van der Waals surface area contributed by atoms with E-state index in [1.807, 2.05) is 0 Å². The van der Waals surface area contributed by atoms with E-state index in [9.17, 15) is 0 Å². The lowest BCUT2D eigenvalue weighted by Gasteiger charge is -2.40. The zero-order valence-electron chi connectivity index (χ0n) is 13.8. The molecule has 2 N–H and O–H groups in total. The molecule has 1 aromatic rings. The fraction of sp³-hybridized carbons (Fsp3) is 0.667. The van der Waals surface area contributed by atoms with E-state index in [2.05, 4.69) is 61.2 Å². The first-order valence-electron chi connectivity index (χ1n) is 8.31. The van der Waals surface area contributed by atoms with Gasteiger partial charge in [0, 0.05) is 18.6 Å². The van der Waals surface area contributed by atoms with Crippen LogP contribution in [0.4, 0.5) is 0 Å². The van der Waals surface area contributed by atoms with Gasteiger partial charge in [0.25, 0.3) is 0 Å². The smallest absolute Gasteiger partial charge is 0.0453 e. The molecule has 1 aliphatic heterocycles. The van der Waals surface area contributed by atoms with E-state index in [0.717, 1.165) is 12.3 Å². The average molecular weight is 289 g/mol. The van der Waals surface area contributed by atoms with Gasteiger partial charge in [0.1, 0.15) is 0 Å². The van der Waals surface area contributed by atoms with Crippen LogP contribution in [0.5, 0.6) is 0 Å². The third kappa shape index (κ3) is 4.53. The highest BCUT2D eigenvalue weighted by Crippen LogP contribution is 2.26. The second-order valence-corrected chi connectivity index (χ2v) is 6.65. The number of piperidine rings is 1. The largest absolute Gasteiger partial charge is 0.323 e. The number of nitrogens with zero attached hydrogens (tertiary/aromatic N) is 2. The van der Waals surface area contributed by atoms with Gasteiger partial charge < -0.3 is 10.6 Å². The maximum Gasteiger partial charge on any atom is 0.0453 e. The minimum atomic E-state index is 0.126. The molecule has 21 heavy (non-hydrogen) atoms. The van der Waals surface area contributed by atoms with Crippen LogP contribution >= 0.6 is 0 Å². The Labute approximate surface area is 130 Å². The first-order chi connectivity index (χ1) is 10.1. The Morgan fingerprint density at radius 1 is 1.19 bits per heavy atom. The third-order valence-corrected chi connectivity index (χ3v) is 4.76. The predicted molar refractivity (Wildman–Crippen MR) is 90.3 cm³/mol. The lowest BCUT2D eigenvalue weighted by atomic mass is 9.91. The van der Waals surface area contributed by atoms with Crippen molar-refractivity contribution in [3.63, 3.8) is 0 Å². The number of rotatable bonds is 6. The molecular formula is C18H31N3. The molecule has 2 rings (SSSR count). The van der Waals surface area contributed by atoms with Gasteiger partial charge in [-0.1, -0.05) is 37.3 Å². The highest BCUT2D eigenvalue weighted by atomic mass is 15.2. The SMILES string of the molecule is CCC(C(N)c1ccccc1)N1CCC(CN(C)C)CC1. The van der Waals surface area contributed by atoms with Crippen molar-refractivity contribution >= 4 is 0 Å². The van der Waals surface area contributed by atoms with Crippen LogP contribution in [0.3, 0.4) is 0 Å². The first kappa shape index (κ1) is 16.5. The molecule has 1 saturated heterocycles. The molecule has 0 saturated carbocycles. The van der Waals surface area contributed by atoms with Gasteiger partial charge >= 0.3 is 0 Å². The zero-order chi connectivity index (χ0) is 15.2. The number of hydrogen-bond donors (Lipinski definition) is 1. The van der Waals surface area contributed by atoms with Crippen LogP contribution in [-0.4, -0.2) is 49.6 Å². The van der Waals surface area contributed by atoms with Crippen molar-refractivity contribution in [2.45, 2.75) is 38.3 Å². The summed E-state index contributed by atoms with van der Waals surface area (Å²) < 4.78 is 0. The van der Waals surface area contributed by atoms with E-state index in [4.69, 9.17) is 5.73 Å². The van der Waals surface area contributed by atoms with Gasteiger partial charge in [-0.2, -0.15) is 0 Å². The maximum atomic E-state index is 6.55. The van der Waals surface area contributed by atoms with Gasteiger partial charge in [0.05, 0.1) is 0 Å². The quantitative estimate of drug-likeness (QED) is 0.874. The molecule has 0 radical (unpaired) electrons. The molecule has 2 atom stereocenters. The van der Waals surface area contributed by atoms with E-state index in [0.29, 0.717) is 6.04 Å². The summed E-state index contributed by atoms with van der Waals surface area (Å²) in [5.74, 6) is 0.849. The fourth-order valence-electron chi connectivity index (χ4n) is 3.62. The van der Waals surface area contributed by atoms with Crippen LogP contribution in [0.25, 0.3) is 0 Å². The molecule has 0 amide bonds. The van der Waals surface area contributed by atoms with Crippen molar-refractivity contribution in [1.29, 1.82) is 0 Å². The molecule has 0 bridgehead atoms. The van der Waals surface area contributed by atoms with Crippen LogP contribution < -0.4 is 5.73 Å². The highest BCUT2D eigenvalue weighted by molar-refractivity contribution is 5.20. The number of likely N-dealkylation sites (tertiary alicyclic amines) is 1. The molecule has 0 spiro atoms. The van der Waals surface area contributed by atoms with Crippen molar-refractivity contribution < 1.29 is 0 Å². The number of hydrogen-bond acceptors (Lipinski definition) is 3. The summed E-state index contributed by atoms with van der Waals surface area (Å²) in [4.78, 5) is 4.93. The molecule has 2 unspecified atom stereocenters. The van der Waals surface area contributed by atoms with Gasteiger partial charge in [0.15, 0.2) is 0 Å². The summed E-state index contributed by atoms with van der Waals surface area (Å²) in [6.07, 6.45) is 3.72. The zero-order valence-corrected chi connectivity index (χ0v) is 13.8. The minimum Gasteiger partial charge on any atom is -0.323 e. The topological polar surface area (TPSA) is 32.5 Å². The molecular weight excluding hydrogens is 258 g/mol. The molecule has 3 heteroatoms. The molecule has 1 fully saturated rings. The van der Waals surface area contributed by atoms with E-state index in [-0.39, 0.29) is 6.04 Å². The van der Waals surface area contributed by atoms with E-state index >= 15 is 0 Å². The lowest BCUT2D eigenvalue weighted by molar-refractivity contribution is 0.103. The van der Waals surface area contributed by atoms with Crippen LogP contribution in [0.15, 0.2) is 30.3 Å². The normalized spacial score (nSPS) is 20.6. The summed E-state index contributed by atoms with van der Waals surface area (Å²) in [7, 11) is 4.35. The Hall–Kier alpha value is -0.900. The molecule has 0 aliphatic carbocycles. The summed E-state index contributed by atoms with van der Waals surface area (Å²) >= 11 is 0. The van der Waals surface area contributed by atoms with E-state index in [1.165, 1.54) is 38.0 Å². The molecule has 0 aromatic heterocycles. The first-order valence-corrected chi connectivity index (χ1v) is 8.31. The number of benzene rings is 1. The van der Waals surface area contributed by atoms with Crippen molar-refractivity contribution in [2.24, 2.45) is 11.7 Å². The lowest BCUT2D eigenvalue weighted by Crippen LogP contribution is -2.47. The van der Waals surface area contributed by atoms with E-state index in [1.54, 1.807) is 0 Å². The third-order valence-electron chi connectivity index (χ3n) is 4.76. The molecule has 1 aliphatic rings. The maximum absolute atomic E-state index is 6.55. The molecule has 1 heterocycles. The fourth-order valence-corrected chi connectivity index (χ4v) is 3.62. The van der Waals surface area contributed by atoms with Gasteiger partial charge in [-0.3, -0.25) is 4.90 Å². The Kier molecular flexibility index (Phi) is 6.22.